The van der Waals surface area contributed by atoms with Crippen molar-refractivity contribution in [1.82, 2.24) is 5.32 Å². The van der Waals surface area contributed by atoms with Crippen LogP contribution in [-0.2, 0) is 9.53 Å². The number of piperidine rings is 1. The first-order valence-corrected chi connectivity index (χ1v) is 7.89. The van der Waals surface area contributed by atoms with Crippen LogP contribution in [0.3, 0.4) is 0 Å². The van der Waals surface area contributed by atoms with Gasteiger partial charge >= 0.3 is 5.97 Å². The van der Waals surface area contributed by atoms with Gasteiger partial charge in [0.05, 0.1) is 0 Å². The molecule has 1 N–H and O–H groups in total. The molecule has 0 aliphatic carbocycles. The van der Waals surface area contributed by atoms with Gasteiger partial charge in [-0.1, -0.05) is 19.8 Å². The summed E-state index contributed by atoms with van der Waals surface area (Å²) < 4.78 is 32.4. The molecular formula is C17H23F2NO2. The Morgan fingerprint density at radius 1 is 1.32 bits per heavy atom. The molecule has 0 saturated carbocycles. The monoisotopic (exact) mass is 311 g/mol. The lowest BCUT2D eigenvalue weighted by Gasteiger charge is -2.35. The Kier molecular flexibility index (Phi) is 5.89. The molecule has 0 amide bonds. The molecular weight excluding hydrogens is 288 g/mol. The first-order valence-electron chi connectivity index (χ1n) is 7.89. The van der Waals surface area contributed by atoms with Gasteiger partial charge < -0.3 is 10.1 Å². The molecule has 0 spiro atoms. The zero-order valence-corrected chi connectivity index (χ0v) is 13.1. The van der Waals surface area contributed by atoms with E-state index in [9.17, 15) is 13.6 Å². The molecule has 1 aliphatic heterocycles. The number of hydrogen-bond donors (Lipinski definition) is 1. The van der Waals surface area contributed by atoms with Crippen molar-refractivity contribution < 1.29 is 18.3 Å². The molecule has 1 aliphatic rings. The molecule has 122 valence electrons. The predicted octanol–water partition coefficient (Wildman–Crippen LogP) is 3.88. The third-order valence-electron chi connectivity index (χ3n) is 4.03. The molecule has 2 rings (SSSR count). The summed E-state index contributed by atoms with van der Waals surface area (Å²) in [6.45, 7) is 3.44. The van der Waals surface area contributed by atoms with Crippen molar-refractivity contribution in [2.45, 2.75) is 64.1 Å². The van der Waals surface area contributed by atoms with Crippen LogP contribution in [-0.4, -0.2) is 18.1 Å². The van der Waals surface area contributed by atoms with Crippen LogP contribution in [0.4, 0.5) is 8.78 Å². The zero-order valence-electron chi connectivity index (χ0n) is 13.1. The van der Waals surface area contributed by atoms with E-state index in [-0.39, 0.29) is 6.04 Å². The maximum Gasteiger partial charge on any atom is 0.303 e. The number of nitrogens with one attached hydrogen (secondary N) is 1. The van der Waals surface area contributed by atoms with Crippen LogP contribution in [0, 0.1) is 11.6 Å². The van der Waals surface area contributed by atoms with Gasteiger partial charge in [-0.15, -0.1) is 0 Å². The van der Waals surface area contributed by atoms with E-state index >= 15 is 0 Å². The average molecular weight is 311 g/mol. The number of esters is 1. The van der Waals surface area contributed by atoms with Gasteiger partial charge in [0.15, 0.2) is 0 Å². The highest BCUT2D eigenvalue weighted by molar-refractivity contribution is 5.66. The Hall–Kier alpha value is -1.49. The van der Waals surface area contributed by atoms with E-state index in [1.165, 1.54) is 19.1 Å². The molecule has 0 bridgehead atoms. The minimum absolute atomic E-state index is 0.115. The van der Waals surface area contributed by atoms with Gasteiger partial charge in [0, 0.05) is 25.1 Å². The van der Waals surface area contributed by atoms with Crippen molar-refractivity contribution in [3.8, 4) is 0 Å². The summed E-state index contributed by atoms with van der Waals surface area (Å²) in [6.07, 6.45) is 4.35. The molecule has 1 saturated heterocycles. The minimum Gasteiger partial charge on any atom is -0.456 e. The van der Waals surface area contributed by atoms with E-state index in [0.29, 0.717) is 11.6 Å². The molecule has 0 aromatic heterocycles. The number of carbonyl (C=O) groups excluding carboxylic acids is 1. The second-order valence-electron chi connectivity index (χ2n) is 5.92. The van der Waals surface area contributed by atoms with Gasteiger partial charge in [0.2, 0.25) is 0 Å². The highest BCUT2D eigenvalue weighted by atomic mass is 19.1. The largest absolute Gasteiger partial charge is 0.456 e. The number of carbonyl (C=O) groups is 1. The lowest BCUT2D eigenvalue weighted by molar-refractivity contribution is -0.149. The van der Waals surface area contributed by atoms with Gasteiger partial charge in [0.25, 0.3) is 0 Å². The Morgan fingerprint density at radius 2 is 2.00 bits per heavy atom. The zero-order chi connectivity index (χ0) is 16.1. The normalized spacial score (nSPS) is 23.1. The molecule has 1 unspecified atom stereocenters. The van der Waals surface area contributed by atoms with Crippen LogP contribution in [0.1, 0.15) is 57.6 Å². The van der Waals surface area contributed by atoms with E-state index in [0.717, 1.165) is 38.2 Å². The third kappa shape index (κ3) is 4.50. The second kappa shape index (κ2) is 7.68. The number of hydrogen-bond acceptors (Lipinski definition) is 3. The fourth-order valence-electron chi connectivity index (χ4n) is 3.17. The topological polar surface area (TPSA) is 38.3 Å². The number of halogens is 2. The standard InChI is InChI=1S/C17H23F2NO2/c1-3-5-15-6-4-7-16(20-15)17(22-11(2)21)12-8-13(18)10-14(19)9-12/h8-10,15-17,20H,3-7H2,1-2H3/t15-,16+,17?/m0/s1. The number of benzene rings is 1. The maximum absolute atomic E-state index is 13.5. The lowest BCUT2D eigenvalue weighted by Crippen LogP contribution is -2.46. The molecule has 22 heavy (non-hydrogen) atoms. The smallest absolute Gasteiger partial charge is 0.303 e. The van der Waals surface area contributed by atoms with Crippen molar-refractivity contribution in [2.24, 2.45) is 0 Å². The van der Waals surface area contributed by atoms with E-state index < -0.39 is 23.7 Å². The van der Waals surface area contributed by atoms with Crippen molar-refractivity contribution in [1.29, 1.82) is 0 Å². The number of rotatable bonds is 5. The first kappa shape index (κ1) is 16.9. The van der Waals surface area contributed by atoms with Crippen LogP contribution in [0.5, 0.6) is 0 Å². The molecule has 1 fully saturated rings. The van der Waals surface area contributed by atoms with Crippen LogP contribution in [0.2, 0.25) is 0 Å². The van der Waals surface area contributed by atoms with Crippen LogP contribution in [0.15, 0.2) is 18.2 Å². The summed E-state index contributed by atoms with van der Waals surface area (Å²) in [6, 6.07) is 3.54. The van der Waals surface area contributed by atoms with Crippen LogP contribution >= 0.6 is 0 Å². The van der Waals surface area contributed by atoms with Gasteiger partial charge in [-0.25, -0.2) is 8.78 Å². The summed E-state index contributed by atoms with van der Waals surface area (Å²) >= 11 is 0. The van der Waals surface area contributed by atoms with E-state index in [1.54, 1.807) is 0 Å². The summed E-state index contributed by atoms with van der Waals surface area (Å²) in [5, 5.41) is 3.48. The quantitative estimate of drug-likeness (QED) is 0.839. The summed E-state index contributed by atoms with van der Waals surface area (Å²) in [5.41, 5.74) is 0.363. The maximum atomic E-state index is 13.5. The molecule has 0 radical (unpaired) electrons. The fourth-order valence-corrected chi connectivity index (χ4v) is 3.17. The van der Waals surface area contributed by atoms with Crippen molar-refractivity contribution in [3.63, 3.8) is 0 Å². The van der Waals surface area contributed by atoms with Gasteiger partial charge in [-0.05, 0) is 37.0 Å². The van der Waals surface area contributed by atoms with Crippen molar-refractivity contribution in [3.05, 3.63) is 35.4 Å². The van der Waals surface area contributed by atoms with Crippen molar-refractivity contribution in [2.75, 3.05) is 0 Å². The summed E-state index contributed by atoms with van der Waals surface area (Å²) in [7, 11) is 0. The SMILES string of the molecule is CCC[C@H]1CCC[C@H](C(OC(C)=O)c2cc(F)cc(F)c2)N1. The van der Waals surface area contributed by atoms with Crippen molar-refractivity contribution >= 4 is 5.97 Å². The highest BCUT2D eigenvalue weighted by Gasteiger charge is 2.31. The average Bonchev–Trinajstić information content (AvgIpc) is 2.44. The molecule has 5 heteroatoms. The molecule has 3 atom stereocenters. The Balaban J connectivity index is 2.23. The van der Waals surface area contributed by atoms with E-state index in [4.69, 9.17) is 4.74 Å². The van der Waals surface area contributed by atoms with Gasteiger partial charge in [-0.2, -0.15) is 0 Å². The lowest BCUT2D eigenvalue weighted by atomic mass is 9.90. The first-order chi connectivity index (χ1) is 10.5. The fraction of sp³-hybridized carbons (Fsp3) is 0.588. The third-order valence-corrected chi connectivity index (χ3v) is 4.03. The Labute approximate surface area is 130 Å². The minimum atomic E-state index is -0.664. The molecule has 1 aromatic carbocycles. The Bertz CT molecular complexity index is 499. The second-order valence-corrected chi connectivity index (χ2v) is 5.92. The van der Waals surface area contributed by atoms with Gasteiger partial charge in [-0.3, -0.25) is 4.79 Å². The number of ether oxygens (including phenoxy) is 1. The molecule has 3 nitrogen and oxygen atoms in total. The highest BCUT2D eigenvalue weighted by Crippen LogP contribution is 2.30. The van der Waals surface area contributed by atoms with Gasteiger partial charge in [0.1, 0.15) is 17.7 Å². The molecule has 1 heterocycles. The van der Waals surface area contributed by atoms with E-state index in [1.807, 2.05) is 0 Å². The molecule has 1 aromatic rings. The van der Waals surface area contributed by atoms with Crippen LogP contribution < -0.4 is 5.32 Å². The van der Waals surface area contributed by atoms with Crippen LogP contribution in [0.25, 0.3) is 0 Å². The Morgan fingerprint density at radius 3 is 2.59 bits per heavy atom. The summed E-state index contributed by atoms with van der Waals surface area (Å²) in [5.74, 6) is -1.77. The summed E-state index contributed by atoms with van der Waals surface area (Å²) in [4.78, 5) is 11.4. The predicted molar refractivity (Wildman–Crippen MR) is 80.3 cm³/mol. The van der Waals surface area contributed by atoms with E-state index in [2.05, 4.69) is 12.2 Å².